The fraction of sp³-hybridized carbons (Fsp3) is 0.500. The molecule has 0 radical (unpaired) electrons. The number of hydrogen-bond donors (Lipinski definition) is 5. The van der Waals surface area contributed by atoms with Crippen LogP contribution in [0, 0.1) is 13.8 Å². The number of aromatic amines is 1. The molecular formula is C18H24N8O4. The Kier molecular flexibility index (Phi) is 5.13. The van der Waals surface area contributed by atoms with Crippen molar-refractivity contribution in [1.82, 2.24) is 35.0 Å². The normalized spacial score (nSPS) is 23.8. The zero-order valence-corrected chi connectivity index (χ0v) is 17.0. The molecule has 5 N–H and O–H groups in total. The Bertz CT molecular complexity index is 1070. The highest BCUT2D eigenvalue weighted by molar-refractivity contribution is 5.86. The standard InChI is InChI=1S/C18H24N8O4/c1-5-20-17(29)13-11(27)12(28)18(30-13)26-6-21-10-15(19-4)22-14(23-16(10)26)9-7(2)24-25-8(9)3/h6,11-13,18,27-28H,5H2,1-4H3,(H,20,29)(H,24,25)(H,19,22,23)/t11?,12?,13-,18?/m1/s1. The molecule has 12 heteroatoms. The number of aryl methyl sites for hydroxylation is 2. The van der Waals surface area contributed by atoms with Crippen LogP contribution in [0.4, 0.5) is 5.82 Å². The van der Waals surface area contributed by atoms with E-state index in [4.69, 9.17) is 4.74 Å². The van der Waals surface area contributed by atoms with Gasteiger partial charge in [-0.2, -0.15) is 5.10 Å². The summed E-state index contributed by atoms with van der Waals surface area (Å²) in [5.74, 6) is 0.416. The molecular weight excluding hydrogens is 392 g/mol. The number of anilines is 1. The van der Waals surface area contributed by atoms with Crippen molar-refractivity contribution >= 4 is 22.9 Å². The number of likely N-dealkylation sites (N-methyl/N-ethyl adjacent to an activating group) is 1. The Morgan fingerprint density at radius 2 is 2.07 bits per heavy atom. The predicted octanol–water partition coefficient (Wildman–Crippen LogP) is -0.370. The second kappa shape index (κ2) is 7.63. The van der Waals surface area contributed by atoms with E-state index in [0.29, 0.717) is 29.4 Å². The summed E-state index contributed by atoms with van der Waals surface area (Å²) in [5, 5.41) is 33.6. The van der Waals surface area contributed by atoms with Crippen LogP contribution < -0.4 is 10.6 Å². The van der Waals surface area contributed by atoms with Gasteiger partial charge in [0.2, 0.25) is 0 Å². The zero-order valence-electron chi connectivity index (χ0n) is 17.0. The summed E-state index contributed by atoms with van der Waals surface area (Å²) in [6.45, 7) is 5.86. The van der Waals surface area contributed by atoms with Gasteiger partial charge in [-0.15, -0.1) is 0 Å². The van der Waals surface area contributed by atoms with Crippen molar-refractivity contribution in [2.75, 3.05) is 18.9 Å². The second-order valence-electron chi connectivity index (χ2n) is 7.10. The smallest absolute Gasteiger partial charge is 0.252 e. The minimum atomic E-state index is -1.39. The molecule has 4 atom stereocenters. The van der Waals surface area contributed by atoms with Crippen LogP contribution in [0.15, 0.2) is 6.33 Å². The van der Waals surface area contributed by atoms with Crippen LogP contribution in [0.1, 0.15) is 24.5 Å². The molecule has 160 valence electrons. The summed E-state index contributed by atoms with van der Waals surface area (Å²) in [6.07, 6.45) is -3.53. The van der Waals surface area contributed by atoms with E-state index < -0.39 is 30.4 Å². The lowest BCUT2D eigenvalue weighted by Gasteiger charge is -2.17. The number of nitrogens with zero attached hydrogens (tertiary/aromatic N) is 5. The lowest BCUT2D eigenvalue weighted by molar-refractivity contribution is -0.137. The first-order valence-electron chi connectivity index (χ1n) is 9.60. The van der Waals surface area contributed by atoms with Crippen LogP contribution in [-0.2, 0) is 9.53 Å². The summed E-state index contributed by atoms with van der Waals surface area (Å²) in [7, 11) is 1.72. The van der Waals surface area contributed by atoms with Crippen molar-refractivity contribution in [1.29, 1.82) is 0 Å². The highest BCUT2D eigenvalue weighted by Gasteiger charge is 2.47. The number of hydrogen-bond acceptors (Lipinski definition) is 9. The van der Waals surface area contributed by atoms with E-state index in [1.165, 1.54) is 10.9 Å². The van der Waals surface area contributed by atoms with Crippen LogP contribution in [0.5, 0.6) is 0 Å². The summed E-state index contributed by atoms with van der Waals surface area (Å²) < 4.78 is 7.22. The topological polar surface area (TPSA) is 163 Å². The number of carbonyl (C=O) groups excluding carboxylic acids is 1. The molecule has 30 heavy (non-hydrogen) atoms. The van der Waals surface area contributed by atoms with Gasteiger partial charge in [-0.05, 0) is 20.8 Å². The van der Waals surface area contributed by atoms with E-state index >= 15 is 0 Å². The molecule has 12 nitrogen and oxygen atoms in total. The minimum Gasteiger partial charge on any atom is -0.387 e. The lowest BCUT2D eigenvalue weighted by atomic mass is 10.1. The molecule has 1 aliphatic rings. The van der Waals surface area contributed by atoms with Gasteiger partial charge in [0.1, 0.15) is 12.2 Å². The Morgan fingerprint density at radius 3 is 2.70 bits per heavy atom. The highest BCUT2D eigenvalue weighted by atomic mass is 16.6. The number of fused-ring (bicyclic) bond motifs is 1. The Morgan fingerprint density at radius 1 is 1.30 bits per heavy atom. The summed E-state index contributed by atoms with van der Waals surface area (Å²) in [6, 6.07) is 0. The maximum Gasteiger partial charge on any atom is 0.252 e. The molecule has 1 saturated heterocycles. The number of aliphatic hydroxyl groups excluding tert-OH is 2. The Balaban J connectivity index is 1.81. The molecule has 1 fully saturated rings. The third-order valence-corrected chi connectivity index (χ3v) is 5.13. The first-order chi connectivity index (χ1) is 14.4. The second-order valence-corrected chi connectivity index (χ2v) is 7.10. The number of carbonyl (C=O) groups is 1. The molecule has 3 aromatic heterocycles. The number of nitrogens with one attached hydrogen (secondary N) is 3. The number of H-pyrrole nitrogens is 1. The highest BCUT2D eigenvalue weighted by Crippen LogP contribution is 2.34. The molecule has 1 aliphatic heterocycles. The van der Waals surface area contributed by atoms with E-state index in [2.05, 4.69) is 35.8 Å². The van der Waals surface area contributed by atoms with Gasteiger partial charge in [-0.1, -0.05) is 0 Å². The van der Waals surface area contributed by atoms with Crippen LogP contribution in [0.3, 0.4) is 0 Å². The van der Waals surface area contributed by atoms with Gasteiger partial charge >= 0.3 is 0 Å². The molecule has 0 aliphatic carbocycles. The molecule has 1 amide bonds. The van der Waals surface area contributed by atoms with E-state index in [-0.39, 0.29) is 0 Å². The maximum absolute atomic E-state index is 12.2. The first kappa shape index (κ1) is 20.2. The van der Waals surface area contributed by atoms with E-state index in [1.807, 2.05) is 13.8 Å². The quantitative estimate of drug-likeness (QED) is 0.373. The largest absolute Gasteiger partial charge is 0.387 e. The minimum absolute atomic E-state index is 0.381. The van der Waals surface area contributed by atoms with Crippen molar-refractivity contribution in [3.05, 3.63) is 17.7 Å². The van der Waals surface area contributed by atoms with Crippen LogP contribution in [-0.4, -0.2) is 77.7 Å². The molecule has 0 aromatic carbocycles. The number of rotatable bonds is 5. The summed E-state index contributed by atoms with van der Waals surface area (Å²) >= 11 is 0. The van der Waals surface area contributed by atoms with Gasteiger partial charge in [0.25, 0.3) is 5.91 Å². The van der Waals surface area contributed by atoms with Gasteiger partial charge in [-0.25, -0.2) is 15.0 Å². The van der Waals surface area contributed by atoms with Crippen molar-refractivity contribution < 1.29 is 19.7 Å². The van der Waals surface area contributed by atoms with Crippen LogP contribution in [0.25, 0.3) is 22.6 Å². The SMILES string of the molecule is CCNC(=O)[C@@H]1OC(n2cnc3c(NC)nc(-c4c(C)n[nH]c4C)nc32)C(O)C1O. The van der Waals surface area contributed by atoms with E-state index in [1.54, 1.807) is 14.0 Å². The summed E-state index contributed by atoms with van der Waals surface area (Å²) in [4.78, 5) is 25.7. The molecule has 0 saturated carbocycles. The number of amides is 1. The van der Waals surface area contributed by atoms with E-state index in [9.17, 15) is 15.0 Å². The molecule has 4 rings (SSSR count). The van der Waals surface area contributed by atoms with Gasteiger partial charge in [0.05, 0.1) is 17.6 Å². The van der Waals surface area contributed by atoms with Crippen molar-refractivity contribution in [3.63, 3.8) is 0 Å². The van der Waals surface area contributed by atoms with Crippen molar-refractivity contribution in [3.8, 4) is 11.4 Å². The average Bonchev–Trinajstić information content (AvgIpc) is 3.38. The van der Waals surface area contributed by atoms with Gasteiger partial charge in [0, 0.05) is 19.3 Å². The van der Waals surface area contributed by atoms with E-state index in [0.717, 1.165) is 17.0 Å². The summed E-state index contributed by atoms with van der Waals surface area (Å²) in [5.41, 5.74) is 3.16. The average molecular weight is 416 g/mol. The van der Waals surface area contributed by atoms with Crippen molar-refractivity contribution in [2.24, 2.45) is 0 Å². The monoisotopic (exact) mass is 416 g/mol. The van der Waals surface area contributed by atoms with Gasteiger partial charge in [-0.3, -0.25) is 14.5 Å². The van der Waals surface area contributed by atoms with Crippen molar-refractivity contribution in [2.45, 2.75) is 45.3 Å². The lowest BCUT2D eigenvalue weighted by Crippen LogP contribution is -2.42. The molecule has 4 heterocycles. The number of aromatic nitrogens is 6. The van der Waals surface area contributed by atoms with Gasteiger partial charge < -0.3 is 25.6 Å². The molecule has 3 unspecified atom stereocenters. The number of imidazole rings is 1. The third-order valence-electron chi connectivity index (χ3n) is 5.13. The fourth-order valence-corrected chi connectivity index (χ4v) is 3.65. The van der Waals surface area contributed by atoms with Crippen LogP contribution >= 0.6 is 0 Å². The Hall–Kier alpha value is -3.09. The Labute approximate surface area is 171 Å². The molecule has 0 spiro atoms. The zero-order chi connectivity index (χ0) is 21.6. The first-order valence-corrected chi connectivity index (χ1v) is 9.60. The van der Waals surface area contributed by atoms with Gasteiger partial charge in [0.15, 0.2) is 35.1 Å². The maximum atomic E-state index is 12.2. The molecule has 0 bridgehead atoms. The molecule has 3 aromatic rings. The third kappa shape index (κ3) is 3.09. The number of ether oxygens (including phenoxy) is 1. The van der Waals surface area contributed by atoms with Crippen LogP contribution in [0.2, 0.25) is 0 Å². The number of aliphatic hydroxyl groups is 2. The predicted molar refractivity (Wildman–Crippen MR) is 107 cm³/mol. The fourth-order valence-electron chi connectivity index (χ4n) is 3.65.